The zero-order valence-corrected chi connectivity index (χ0v) is 16.0. The third-order valence-corrected chi connectivity index (χ3v) is 7.68. The van der Waals surface area contributed by atoms with Crippen LogP contribution in [0.5, 0.6) is 0 Å². The summed E-state index contributed by atoms with van der Waals surface area (Å²) >= 11 is 0. The fourth-order valence-corrected chi connectivity index (χ4v) is 5.74. The van der Waals surface area contributed by atoms with Crippen LogP contribution in [0.2, 0.25) is 0 Å². The summed E-state index contributed by atoms with van der Waals surface area (Å²) in [5.41, 5.74) is -1.86. The maximum atomic E-state index is 13.6. The van der Waals surface area contributed by atoms with E-state index in [0.29, 0.717) is 11.8 Å². The third kappa shape index (κ3) is 3.92. The molecule has 3 unspecified atom stereocenters. The van der Waals surface area contributed by atoms with E-state index in [-0.39, 0.29) is 36.6 Å². The monoisotopic (exact) mass is 420 g/mol. The van der Waals surface area contributed by atoms with Crippen LogP contribution in [0, 0.1) is 11.8 Å². The van der Waals surface area contributed by atoms with Gasteiger partial charge in [0, 0.05) is 25.3 Å². The van der Waals surface area contributed by atoms with Crippen LogP contribution in [0.15, 0.2) is 6.20 Å². The topological polar surface area (TPSA) is 98.6 Å². The molecule has 0 radical (unpaired) electrons. The highest BCUT2D eigenvalue weighted by Crippen LogP contribution is 2.45. The number of hydrogen-bond donors (Lipinski definition) is 3. The summed E-state index contributed by atoms with van der Waals surface area (Å²) in [6, 6.07) is 0.0775. The van der Waals surface area contributed by atoms with Gasteiger partial charge < -0.3 is 10.2 Å². The Morgan fingerprint density at radius 3 is 2.50 bits per heavy atom. The Morgan fingerprint density at radius 2 is 1.93 bits per heavy atom. The second-order valence-corrected chi connectivity index (χ2v) is 10.3. The Kier molecular flexibility index (Phi) is 4.95. The molecule has 2 aliphatic carbocycles. The minimum atomic E-state index is -4.79. The molecule has 1 amide bonds. The van der Waals surface area contributed by atoms with E-state index >= 15 is 0 Å². The number of fused-ring (bicyclic) bond motifs is 2. The molecule has 3 atom stereocenters. The highest BCUT2D eigenvalue weighted by molar-refractivity contribution is 8.24. The van der Waals surface area contributed by atoms with Crippen molar-refractivity contribution in [2.45, 2.75) is 37.9 Å². The molecule has 28 heavy (non-hydrogen) atoms. The van der Waals surface area contributed by atoms with Gasteiger partial charge in [-0.2, -0.15) is 23.8 Å². The van der Waals surface area contributed by atoms with Gasteiger partial charge in [-0.15, -0.1) is 0 Å². The van der Waals surface area contributed by atoms with Gasteiger partial charge in [-0.05, 0) is 31.1 Å². The molecule has 1 aromatic heterocycles. The lowest BCUT2D eigenvalue weighted by Gasteiger charge is -2.41. The molecule has 1 aromatic rings. The predicted molar refractivity (Wildman–Crippen MR) is 98.4 cm³/mol. The van der Waals surface area contributed by atoms with Gasteiger partial charge in [0.25, 0.3) is 5.91 Å². The number of hydrogen-bond acceptors (Lipinski definition) is 6. The first-order chi connectivity index (χ1) is 13.1. The van der Waals surface area contributed by atoms with Crippen molar-refractivity contribution in [2.75, 3.05) is 29.9 Å². The second kappa shape index (κ2) is 7.03. The van der Waals surface area contributed by atoms with Gasteiger partial charge in [-0.1, -0.05) is 6.42 Å². The highest BCUT2D eigenvalue weighted by Gasteiger charge is 2.42. The van der Waals surface area contributed by atoms with Crippen molar-refractivity contribution >= 4 is 22.4 Å². The number of anilines is 1. The normalized spacial score (nSPS) is 30.3. The zero-order valence-electron chi connectivity index (χ0n) is 15.2. The van der Waals surface area contributed by atoms with Gasteiger partial charge in [0.2, 0.25) is 5.95 Å². The second-order valence-electron chi connectivity index (χ2n) is 7.88. The van der Waals surface area contributed by atoms with Gasteiger partial charge in [-0.3, -0.25) is 13.9 Å². The number of amides is 1. The van der Waals surface area contributed by atoms with Crippen LogP contribution < -0.4 is 5.32 Å². The first kappa shape index (κ1) is 19.7. The number of alkyl halides is 3. The van der Waals surface area contributed by atoms with Crippen LogP contribution in [0.4, 0.5) is 19.1 Å². The first-order valence-electron chi connectivity index (χ1n) is 9.36. The van der Waals surface area contributed by atoms with Crippen molar-refractivity contribution < 1.29 is 27.1 Å². The number of aromatic nitrogens is 2. The number of carbonyl (C=O) groups is 1. The molecule has 7 nitrogen and oxygen atoms in total. The summed E-state index contributed by atoms with van der Waals surface area (Å²) in [4.78, 5) is 21.4. The summed E-state index contributed by atoms with van der Waals surface area (Å²) in [6.45, 7) is -0.0206. The summed E-state index contributed by atoms with van der Waals surface area (Å²) in [5, 5.41) is 3.03. The van der Waals surface area contributed by atoms with E-state index in [9.17, 15) is 27.1 Å². The van der Waals surface area contributed by atoms with Crippen molar-refractivity contribution in [2.24, 2.45) is 11.8 Å². The fourth-order valence-electron chi connectivity index (χ4n) is 4.51. The maximum Gasteiger partial charge on any atom is 0.434 e. The van der Waals surface area contributed by atoms with Crippen LogP contribution in [-0.4, -0.2) is 60.5 Å². The molecule has 11 heteroatoms. The van der Waals surface area contributed by atoms with E-state index in [1.807, 2.05) is 0 Å². The van der Waals surface area contributed by atoms with E-state index in [1.54, 1.807) is 0 Å². The molecule has 0 aromatic carbocycles. The van der Waals surface area contributed by atoms with Crippen LogP contribution in [0.25, 0.3) is 0 Å². The van der Waals surface area contributed by atoms with E-state index < -0.39 is 33.9 Å². The van der Waals surface area contributed by atoms with Gasteiger partial charge in [0.15, 0.2) is 5.69 Å². The molecule has 2 saturated carbocycles. The zero-order chi connectivity index (χ0) is 20.1. The molecule has 156 valence electrons. The fraction of sp³-hybridized carbons (Fsp3) is 0.706. The molecule has 3 aliphatic rings. The van der Waals surface area contributed by atoms with Crippen LogP contribution >= 0.6 is 10.6 Å². The lowest BCUT2D eigenvalue weighted by molar-refractivity contribution is -0.141. The molecule has 3 fully saturated rings. The summed E-state index contributed by atoms with van der Waals surface area (Å²) < 4.78 is 60.0. The molecule has 0 spiro atoms. The third-order valence-electron chi connectivity index (χ3n) is 6.00. The Bertz CT molecular complexity index is 767. The van der Waals surface area contributed by atoms with Crippen molar-refractivity contribution in [3.8, 4) is 0 Å². The van der Waals surface area contributed by atoms with E-state index in [1.165, 1.54) is 11.3 Å². The first-order valence-corrected chi connectivity index (χ1v) is 11.2. The largest absolute Gasteiger partial charge is 0.434 e. The standard InChI is InChI=1S/C17H23F3N4O3S/c18-17(19,20)14-12(15(25)24-3-5-28(26,27)6-4-24)9-21-16(23-14)22-13-8-10-1-2-11(13)7-10/h9-11,13,26-27H,1-8H2,(H,21,22,23). The smallest absolute Gasteiger partial charge is 0.351 e. The molecule has 2 heterocycles. The minimum Gasteiger partial charge on any atom is -0.351 e. The van der Waals surface area contributed by atoms with Crippen LogP contribution in [0.3, 0.4) is 0 Å². The van der Waals surface area contributed by atoms with Crippen molar-refractivity contribution in [3.63, 3.8) is 0 Å². The molecule has 1 aliphatic heterocycles. The molecule has 2 bridgehead atoms. The average molecular weight is 420 g/mol. The number of halogens is 3. The Morgan fingerprint density at radius 1 is 1.21 bits per heavy atom. The minimum absolute atomic E-state index is 0.0103. The quantitative estimate of drug-likeness (QED) is 0.694. The summed E-state index contributed by atoms with van der Waals surface area (Å²) in [7, 11) is -2.75. The molecular weight excluding hydrogens is 397 g/mol. The summed E-state index contributed by atoms with van der Waals surface area (Å²) in [6.07, 6.45) is 0.382. The average Bonchev–Trinajstić information content (AvgIpc) is 3.23. The molecular formula is C17H23F3N4O3S. The maximum absolute atomic E-state index is 13.6. The Labute approximate surface area is 162 Å². The summed E-state index contributed by atoms with van der Waals surface area (Å²) in [5.74, 6) is 0.0486. The van der Waals surface area contributed by atoms with Crippen molar-refractivity contribution in [1.29, 1.82) is 0 Å². The van der Waals surface area contributed by atoms with E-state index in [4.69, 9.17) is 0 Å². The van der Waals surface area contributed by atoms with Crippen LogP contribution in [-0.2, 0) is 6.18 Å². The molecule has 4 rings (SSSR count). The molecule has 3 N–H and O–H groups in total. The lowest BCUT2D eigenvalue weighted by Crippen LogP contribution is -2.43. The van der Waals surface area contributed by atoms with E-state index in [0.717, 1.165) is 25.5 Å². The number of nitrogens with zero attached hydrogens (tertiary/aromatic N) is 3. The lowest BCUT2D eigenvalue weighted by atomic mass is 9.95. The van der Waals surface area contributed by atoms with Gasteiger partial charge in [-0.25, -0.2) is 9.97 Å². The van der Waals surface area contributed by atoms with Crippen molar-refractivity contribution in [3.05, 3.63) is 17.5 Å². The van der Waals surface area contributed by atoms with Gasteiger partial charge in [0.1, 0.15) is 0 Å². The number of rotatable bonds is 3. The highest BCUT2D eigenvalue weighted by atomic mass is 32.3. The van der Waals surface area contributed by atoms with Crippen LogP contribution in [0.1, 0.15) is 41.7 Å². The SMILES string of the molecule is O=C(c1cnc(NC2CC3CCC2C3)nc1C(F)(F)F)N1CCS(O)(O)CC1. The van der Waals surface area contributed by atoms with Gasteiger partial charge in [0.05, 0.1) is 17.1 Å². The number of carbonyl (C=O) groups excluding carboxylic acids is 1. The van der Waals surface area contributed by atoms with Gasteiger partial charge >= 0.3 is 6.18 Å². The Hall–Kier alpha value is -1.59. The predicted octanol–water partition coefficient (Wildman–Crippen LogP) is 3.30. The Balaban J connectivity index is 1.54. The van der Waals surface area contributed by atoms with E-state index in [2.05, 4.69) is 15.3 Å². The number of nitrogens with one attached hydrogen (secondary N) is 1. The van der Waals surface area contributed by atoms with Crippen molar-refractivity contribution in [1.82, 2.24) is 14.9 Å². The molecule has 1 saturated heterocycles.